The normalized spacial score (nSPS) is 12.2. The van der Waals surface area contributed by atoms with E-state index in [2.05, 4.69) is 30.0 Å². The Morgan fingerprint density at radius 1 is 1.26 bits per heavy atom. The van der Waals surface area contributed by atoms with Crippen LogP contribution in [0.5, 0.6) is 0 Å². The number of nitrogens with one attached hydrogen (secondary N) is 1. The summed E-state index contributed by atoms with van der Waals surface area (Å²) in [6, 6.07) is 0. The summed E-state index contributed by atoms with van der Waals surface area (Å²) < 4.78 is 13.0. The average molecular weight is 260 g/mol. The van der Waals surface area contributed by atoms with Crippen LogP contribution in [0.25, 0.3) is 0 Å². The Balaban J connectivity index is 5.26. The summed E-state index contributed by atoms with van der Waals surface area (Å²) in [4.78, 5) is 3.96. The van der Waals surface area contributed by atoms with Gasteiger partial charge >= 0.3 is 0 Å². The molecule has 0 aliphatic rings. The fourth-order valence-corrected chi connectivity index (χ4v) is 1.14. The second kappa shape index (κ2) is 8.86. The minimum atomic E-state index is -0.406. The average Bonchev–Trinajstić information content (AvgIpc) is 2.39. The first kappa shape index (κ1) is 16.8. The minimum absolute atomic E-state index is 0.406. The Kier molecular flexibility index (Phi) is 7.85. The largest absolute Gasteiger partial charge is 0.362 e. The van der Waals surface area contributed by atoms with Gasteiger partial charge in [-0.1, -0.05) is 37.5 Å². The molecule has 0 aromatic carbocycles. The van der Waals surface area contributed by atoms with Crippen LogP contribution < -0.4 is 5.32 Å². The van der Waals surface area contributed by atoms with E-state index in [1.54, 1.807) is 19.2 Å². The second-order valence-corrected chi connectivity index (χ2v) is 3.94. The van der Waals surface area contributed by atoms with Crippen molar-refractivity contribution in [2.45, 2.75) is 20.8 Å². The zero-order valence-corrected chi connectivity index (χ0v) is 11.8. The molecular weight excluding hydrogens is 239 g/mol. The first-order valence-corrected chi connectivity index (χ1v) is 5.90. The number of halogens is 1. The van der Waals surface area contributed by atoms with Gasteiger partial charge in [-0.05, 0) is 33.0 Å². The van der Waals surface area contributed by atoms with E-state index in [1.165, 1.54) is 6.08 Å². The SMILES string of the molecule is C=CNC(/C=C(\C=C)C(=C)N=C/C(F)=C\C)=C(C)C. The number of hydrogen-bond acceptors (Lipinski definition) is 2. The van der Waals surface area contributed by atoms with Gasteiger partial charge in [0.2, 0.25) is 0 Å². The topological polar surface area (TPSA) is 24.4 Å². The van der Waals surface area contributed by atoms with E-state index in [0.29, 0.717) is 11.3 Å². The summed E-state index contributed by atoms with van der Waals surface area (Å²) >= 11 is 0. The highest BCUT2D eigenvalue weighted by Crippen LogP contribution is 2.14. The monoisotopic (exact) mass is 260 g/mol. The number of rotatable bonds is 7. The van der Waals surface area contributed by atoms with Crippen LogP contribution in [0.15, 0.2) is 77.5 Å². The maximum Gasteiger partial charge on any atom is 0.137 e. The summed E-state index contributed by atoms with van der Waals surface area (Å²) in [5.41, 5.74) is 3.12. The molecular formula is C16H21FN2. The third kappa shape index (κ3) is 6.36. The highest BCUT2D eigenvalue weighted by molar-refractivity contribution is 5.77. The lowest BCUT2D eigenvalue weighted by atomic mass is 10.1. The Labute approximate surface area is 115 Å². The molecule has 0 spiro atoms. The molecule has 0 atom stereocenters. The zero-order chi connectivity index (χ0) is 14.8. The first-order valence-electron chi connectivity index (χ1n) is 5.90. The van der Waals surface area contributed by atoms with E-state index >= 15 is 0 Å². The predicted octanol–water partition coefficient (Wildman–Crippen LogP) is 4.58. The predicted molar refractivity (Wildman–Crippen MR) is 82.5 cm³/mol. The molecule has 0 heterocycles. The number of aliphatic imine (C=N–C) groups is 1. The molecule has 0 aliphatic heterocycles. The van der Waals surface area contributed by atoms with Crippen LogP contribution in [0.3, 0.4) is 0 Å². The minimum Gasteiger partial charge on any atom is -0.362 e. The smallest absolute Gasteiger partial charge is 0.137 e. The van der Waals surface area contributed by atoms with Gasteiger partial charge in [0.25, 0.3) is 0 Å². The van der Waals surface area contributed by atoms with E-state index in [-0.39, 0.29) is 0 Å². The molecule has 0 saturated heterocycles. The molecule has 0 radical (unpaired) electrons. The van der Waals surface area contributed by atoms with Gasteiger partial charge in [-0.25, -0.2) is 4.39 Å². The third-order valence-electron chi connectivity index (χ3n) is 2.27. The molecule has 2 nitrogen and oxygen atoms in total. The van der Waals surface area contributed by atoms with E-state index in [1.807, 2.05) is 19.9 Å². The van der Waals surface area contributed by atoms with Crippen molar-refractivity contribution >= 4 is 6.21 Å². The van der Waals surface area contributed by atoms with Gasteiger partial charge in [-0.15, -0.1) is 0 Å². The van der Waals surface area contributed by atoms with Crippen molar-refractivity contribution in [1.82, 2.24) is 5.32 Å². The summed E-state index contributed by atoms with van der Waals surface area (Å²) in [6.45, 7) is 16.7. The molecule has 0 fully saturated rings. The van der Waals surface area contributed by atoms with Crippen molar-refractivity contribution in [1.29, 1.82) is 0 Å². The van der Waals surface area contributed by atoms with Gasteiger partial charge in [-0.3, -0.25) is 4.99 Å². The van der Waals surface area contributed by atoms with Crippen LogP contribution in [0, 0.1) is 0 Å². The molecule has 3 heteroatoms. The quantitative estimate of drug-likeness (QED) is 0.525. The standard InChI is InChI=1S/C16H21FN2/c1-7-14(10-16(12(4)5)18-9-3)13(6)19-11-15(17)8-2/h7-11,18H,1,3,6H2,2,4-5H3/b14-10+,15-8+,19-11?. The maximum absolute atomic E-state index is 13.0. The van der Waals surface area contributed by atoms with Gasteiger partial charge in [0.1, 0.15) is 5.83 Å². The van der Waals surface area contributed by atoms with Crippen molar-refractivity contribution in [2.24, 2.45) is 4.99 Å². The van der Waals surface area contributed by atoms with Gasteiger partial charge in [-0.2, -0.15) is 0 Å². The molecule has 0 saturated carbocycles. The second-order valence-electron chi connectivity index (χ2n) is 3.94. The van der Waals surface area contributed by atoms with Crippen molar-refractivity contribution in [2.75, 3.05) is 0 Å². The molecule has 0 aromatic rings. The van der Waals surface area contributed by atoms with E-state index in [4.69, 9.17) is 0 Å². The van der Waals surface area contributed by atoms with Crippen molar-refractivity contribution in [3.05, 3.63) is 72.5 Å². The van der Waals surface area contributed by atoms with Crippen LogP contribution in [-0.4, -0.2) is 6.21 Å². The van der Waals surface area contributed by atoms with Crippen LogP contribution in [0.1, 0.15) is 20.8 Å². The Morgan fingerprint density at radius 3 is 2.32 bits per heavy atom. The summed E-state index contributed by atoms with van der Waals surface area (Å²) in [7, 11) is 0. The summed E-state index contributed by atoms with van der Waals surface area (Å²) in [5.74, 6) is -0.406. The molecule has 0 bridgehead atoms. The molecule has 0 aromatic heterocycles. The molecule has 0 unspecified atom stereocenters. The fraction of sp³-hybridized carbons (Fsp3) is 0.188. The Bertz CT molecular complexity index is 473. The van der Waals surface area contributed by atoms with Gasteiger partial charge in [0.05, 0.1) is 11.9 Å². The Morgan fingerprint density at radius 2 is 1.89 bits per heavy atom. The third-order valence-corrected chi connectivity index (χ3v) is 2.27. The molecule has 0 aliphatic carbocycles. The van der Waals surface area contributed by atoms with Gasteiger partial charge in [0.15, 0.2) is 0 Å². The lowest BCUT2D eigenvalue weighted by Gasteiger charge is -2.07. The Hall–Kier alpha value is -2.16. The maximum atomic E-state index is 13.0. The fourth-order valence-electron chi connectivity index (χ4n) is 1.14. The van der Waals surface area contributed by atoms with Crippen LogP contribution in [0.2, 0.25) is 0 Å². The number of allylic oxidation sites excluding steroid dienone is 5. The van der Waals surface area contributed by atoms with E-state index in [9.17, 15) is 4.39 Å². The number of nitrogens with zero attached hydrogens (tertiary/aromatic N) is 1. The summed E-state index contributed by atoms with van der Waals surface area (Å²) in [6.07, 6.45) is 7.51. The van der Waals surface area contributed by atoms with Crippen LogP contribution in [-0.2, 0) is 0 Å². The van der Waals surface area contributed by atoms with Gasteiger partial charge in [0, 0.05) is 11.3 Å². The van der Waals surface area contributed by atoms with Crippen molar-refractivity contribution in [3.8, 4) is 0 Å². The highest BCUT2D eigenvalue weighted by atomic mass is 19.1. The van der Waals surface area contributed by atoms with Crippen LogP contribution in [0.4, 0.5) is 4.39 Å². The molecule has 0 rings (SSSR count). The molecule has 0 amide bonds. The van der Waals surface area contributed by atoms with Gasteiger partial charge < -0.3 is 5.32 Å². The van der Waals surface area contributed by atoms with Crippen LogP contribution >= 0.6 is 0 Å². The highest BCUT2D eigenvalue weighted by Gasteiger charge is 2.00. The molecule has 1 N–H and O–H groups in total. The number of hydrogen-bond donors (Lipinski definition) is 1. The first-order chi connectivity index (χ1) is 8.96. The lowest BCUT2D eigenvalue weighted by molar-refractivity contribution is 0.684. The lowest BCUT2D eigenvalue weighted by Crippen LogP contribution is -2.04. The van der Waals surface area contributed by atoms with Crippen molar-refractivity contribution in [3.63, 3.8) is 0 Å². The summed E-state index contributed by atoms with van der Waals surface area (Å²) in [5, 5.41) is 3.02. The van der Waals surface area contributed by atoms with E-state index < -0.39 is 5.83 Å². The molecule has 19 heavy (non-hydrogen) atoms. The molecule has 102 valence electrons. The zero-order valence-electron chi connectivity index (χ0n) is 11.8. The van der Waals surface area contributed by atoms with Crippen molar-refractivity contribution < 1.29 is 4.39 Å². The van der Waals surface area contributed by atoms with E-state index in [0.717, 1.165) is 17.5 Å².